The van der Waals surface area contributed by atoms with Gasteiger partial charge >= 0.3 is 6.09 Å². The summed E-state index contributed by atoms with van der Waals surface area (Å²) in [6, 6.07) is 5.46. The number of hydrogen-bond acceptors (Lipinski definition) is 6. The molecular formula is C18H24N4O5. The minimum atomic E-state index is -0.663. The molecule has 1 heterocycles. The van der Waals surface area contributed by atoms with Crippen LogP contribution >= 0.6 is 0 Å². The Morgan fingerprint density at radius 1 is 1.19 bits per heavy atom. The summed E-state index contributed by atoms with van der Waals surface area (Å²) in [5.74, 6) is -1.12. The van der Waals surface area contributed by atoms with E-state index in [1.54, 1.807) is 25.7 Å². The molecular weight excluding hydrogens is 352 g/mol. The van der Waals surface area contributed by atoms with Gasteiger partial charge in [-0.2, -0.15) is 5.10 Å². The molecule has 3 amide bonds. The number of ether oxygens (including phenoxy) is 1. The van der Waals surface area contributed by atoms with Crippen molar-refractivity contribution in [1.29, 1.82) is 0 Å². The Balaban J connectivity index is 1.92. The second-order valence-corrected chi connectivity index (χ2v) is 7.12. The van der Waals surface area contributed by atoms with Crippen LogP contribution in [0.5, 0.6) is 0 Å². The van der Waals surface area contributed by atoms with E-state index in [1.807, 2.05) is 0 Å². The predicted molar refractivity (Wildman–Crippen MR) is 97.6 cm³/mol. The first kappa shape index (κ1) is 20.4. The van der Waals surface area contributed by atoms with Crippen LogP contribution < -0.4 is 10.9 Å². The summed E-state index contributed by atoms with van der Waals surface area (Å²) in [5, 5.41) is 12.5. The maximum absolute atomic E-state index is 12.2. The second-order valence-electron chi connectivity index (χ2n) is 7.12. The summed E-state index contributed by atoms with van der Waals surface area (Å²) < 4.78 is 5.38. The number of hydrazone groups is 1. The molecule has 1 aromatic carbocycles. The van der Waals surface area contributed by atoms with Crippen LogP contribution in [0.1, 0.15) is 54.3 Å². The van der Waals surface area contributed by atoms with Crippen LogP contribution in [0.25, 0.3) is 0 Å². The van der Waals surface area contributed by atoms with Crippen molar-refractivity contribution in [1.82, 2.24) is 15.8 Å². The van der Waals surface area contributed by atoms with E-state index in [2.05, 4.69) is 10.5 Å². The molecule has 3 N–H and O–H groups in total. The summed E-state index contributed by atoms with van der Waals surface area (Å²) in [4.78, 5) is 37.1. The molecule has 1 saturated heterocycles. The standard InChI is InChI=1S/C18H24N4O5/c1-18(2,3)27-17(25)22-10-4-5-14(22)11-19-20-15(23)12-6-8-13(9-7-12)16(24)21-26/h6-9,11,14,26H,4-5,10H2,1-3H3,(H,20,23)(H,21,24)/b19-11+/t14-/m0/s1. The fourth-order valence-corrected chi connectivity index (χ4v) is 2.58. The van der Waals surface area contributed by atoms with Crippen molar-refractivity contribution in [2.75, 3.05) is 6.54 Å². The third kappa shape index (κ3) is 5.78. The van der Waals surface area contributed by atoms with E-state index in [0.717, 1.165) is 12.8 Å². The highest BCUT2D eigenvalue weighted by molar-refractivity contribution is 5.97. The van der Waals surface area contributed by atoms with Gasteiger partial charge in [0.15, 0.2) is 0 Å². The molecule has 0 radical (unpaired) electrons. The molecule has 1 aromatic rings. The predicted octanol–water partition coefficient (Wildman–Crippen LogP) is 1.92. The van der Waals surface area contributed by atoms with Crippen LogP contribution in [-0.2, 0) is 4.74 Å². The molecule has 0 unspecified atom stereocenters. The number of hydrogen-bond donors (Lipinski definition) is 3. The molecule has 0 aromatic heterocycles. The summed E-state index contributed by atoms with van der Waals surface area (Å²) >= 11 is 0. The van der Waals surface area contributed by atoms with Crippen LogP contribution in [0, 0.1) is 0 Å². The zero-order valence-corrected chi connectivity index (χ0v) is 15.6. The second kappa shape index (κ2) is 8.63. The van der Waals surface area contributed by atoms with Crippen molar-refractivity contribution < 1.29 is 24.3 Å². The summed E-state index contributed by atoms with van der Waals surface area (Å²) in [6.45, 7) is 5.99. The average molecular weight is 376 g/mol. The van der Waals surface area contributed by atoms with Gasteiger partial charge < -0.3 is 9.64 Å². The monoisotopic (exact) mass is 376 g/mol. The number of amides is 3. The molecule has 2 rings (SSSR count). The molecule has 1 aliphatic rings. The maximum atomic E-state index is 12.2. The van der Waals surface area contributed by atoms with Crippen LogP contribution in [0.2, 0.25) is 0 Å². The van der Waals surface area contributed by atoms with E-state index in [-0.39, 0.29) is 11.6 Å². The van der Waals surface area contributed by atoms with Gasteiger partial charge in [0, 0.05) is 23.9 Å². The number of nitrogens with zero attached hydrogens (tertiary/aromatic N) is 2. The van der Waals surface area contributed by atoms with Crippen molar-refractivity contribution in [2.24, 2.45) is 5.10 Å². The largest absolute Gasteiger partial charge is 0.444 e. The zero-order chi connectivity index (χ0) is 20.0. The molecule has 1 fully saturated rings. The maximum Gasteiger partial charge on any atom is 0.410 e. The lowest BCUT2D eigenvalue weighted by Crippen LogP contribution is -2.40. The Bertz CT molecular complexity index is 724. The smallest absolute Gasteiger partial charge is 0.410 e. The number of nitrogens with one attached hydrogen (secondary N) is 2. The van der Waals surface area contributed by atoms with Crippen LogP contribution in [0.3, 0.4) is 0 Å². The number of hydroxylamine groups is 1. The SMILES string of the molecule is CC(C)(C)OC(=O)N1CCC[C@H]1/C=N/NC(=O)c1ccc(C(=O)NO)cc1. The molecule has 0 aliphatic carbocycles. The highest BCUT2D eigenvalue weighted by Gasteiger charge is 2.31. The van der Waals surface area contributed by atoms with Gasteiger partial charge in [0.05, 0.1) is 6.04 Å². The van der Waals surface area contributed by atoms with Gasteiger partial charge in [-0.25, -0.2) is 15.7 Å². The van der Waals surface area contributed by atoms with Gasteiger partial charge in [-0.05, 0) is 57.9 Å². The van der Waals surface area contributed by atoms with Crippen molar-refractivity contribution in [3.63, 3.8) is 0 Å². The Hall–Kier alpha value is -2.94. The van der Waals surface area contributed by atoms with E-state index >= 15 is 0 Å². The van der Waals surface area contributed by atoms with Gasteiger partial charge in [-0.1, -0.05) is 0 Å². The van der Waals surface area contributed by atoms with Gasteiger partial charge in [-0.3, -0.25) is 14.8 Å². The topological polar surface area (TPSA) is 120 Å². The van der Waals surface area contributed by atoms with Crippen LogP contribution in [0.15, 0.2) is 29.4 Å². The first-order valence-corrected chi connectivity index (χ1v) is 8.59. The fourth-order valence-electron chi connectivity index (χ4n) is 2.58. The minimum absolute atomic E-state index is 0.219. The Morgan fingerprint density at radius 2 is 1.78 bits per heavy atom. The van der Waals surface area contributed by atoms with Gasteiger partial charge in [0.1, 0.15) is 5.60 Å². The first-order valence-electron chi connectivity index (χ1n) is 8.59. The molecule has 146 valence electrons. The van der Waals surface area contributed by atoms with Crippen LogP contribution in [0.4, 0.5) is 4.79 Å². The Labute approximate surface area is 157 Å². The molecule has 9 nitrogen and oxygen atoms in total. The van der Waals surface area contributed by atoms with Gasteiger partial charge in [-0.15, -0.1) is 0 Å². The third-order valence-corrected chi connectivity index (χ3v) is 3.85. The molecule has 0 saturated carbocycles. The summed E-state index contributed by atoms with van der Waals surface area (Å²) in [5.41, 5.74) is 3.86. The summed E-state index contributed by atoms with van der Waals surface area (Å²) in [7, 11) is 0. The lowest BCUT2D eigenvalue weighted by molar-refractivity contribution is 0.0268. The molecule has 1 aliphatic heterocycles. The minimum Gasteiger partial charge on any atom is -0.444 e. The third-order valence-electron chi connectivity index (χ3n) is 3.85. The lowest BCUT2D eigenvalue weighted by Gasteiger charge is -2.26. The Morgan fingerprint density at radius 3 is 2.33 bits per heavy atom. The number of rotatable bonds is 4. The van der Waals surface area contributed by atoms with E-state index in [1.165, 1.54) is 36.0 Å². The van der Waals surface area contributed by atoms with E-state index < -0.39 is 23.5 Å². The van der Waals surface area contributed by atoms with E-state index in [0.29, 0.717) is 12.1 Å². The highest BCUT2D eigenvalue weighted by Crippen LogP contribution is 2.19. The quantitative estimate of drug-likeness (QED) is 0.421. The van der Waals surface area contributed by atoms with E-state index in [9.17, 15) is 14.4 Å². The average Bonchev–Trinajstić information content (AvgIpc) is 3.08. The number of carbonyl (C=O) groups excluding carboxylic acids is 3. The molecule has 0 bridgehead atoms. The number of benzene rings is 1. The van der Waals surface area contributed by atoms with Gasteiger partial charge in [0.25, 0.3) is 11.8 Å². The van der Waals surface area contributed by atoms with Crippen molar-refractivity contribution >= 4 is 24.1 Å². The normalized spacial score (nSPS) is 17.0. The van der Waals surface area contributed by atoms with Crippen molar-refractivity contribution in [3.05, 3.63) is 35.4 Å². The number of carbonyl (C=O) groups is 3. The van der Waals surface area contributed by atoms with Crippen molar-refractivity contribution in [3.8, 4) is 0 Å². The zero-order valence-electron chi connectivity index (χ0n) is 15.6. The molecule has 9 heteroatoms. The van der Waals surface area contributed by atoms with Crippen molar-refractivity contribution in [2.45, 2.75) is 45.3 Å². The highest BCUT2D eigenvalue weighted by atomic mass is 16.6. The molecule has 27 heavy (non-hydrogen) atoms. The summed E-state index contributed by atoms with van der Waals surface area (Å²) in [6.07, 6.45) is 2.69. The molecule has 1 atom stereocenters. The first-order chi connectivity index (χ1) is 12.7. The fraction of sp³-hybridized carbons (Fsp3) is 0.444. The Kier molecular flexibility index (Phi) is 6.51. The lowest BCUT2D eigenvalue weighted by atomic mass is 10.1. The molecule has 0 spiro atoms. The van der Waals surface area contributed by atoms with E-state index in [4.69, 9.17) is 9.94 Å². The van der Waals surface area contributed by atoms with Crippen LogP contribution in [-0.4, -0.2) is 52.4 Å². The number of likely N-dealkylation sites (tertiary alicyclic amines) is 1. The van der Waals surface area contributed by atoms with Gasteiger partial charge in [0.2, 0.25) is 0 Å².